The first kappa shape index (κ1) is 13.1. The second kappa shape index (κ2) is 5.38. The number of nitrogen functional groups attached to an aromatic ring is 1. The number of hydrogen-bond acceptors (Lipinski definition) is 2. The maximum atomic E-state index is 11.8. The van der Waals surface area contributed by atoms with Gasteiger partial charge in [0.15, 0.2) is 0 Å². The molecule has 0 aromatic heterocycles. The summed E-state index contributed by atoms with van der Waals surface area (Å²) in [5, 5.41) is 1.73. The molecule has 1 amide bonds. The largest absolute Gasteiger partial charge is 0.471 e. The monoisotopic (exact) mass is 244 g/mol. The van der Waals surface area contributed by atoms with E-state index in [1.807, 2.05) is 0 Å². The van der Waals surface area contributed by atoms with Crippen LogP contribution in [0.25, 0.3) is 6.08 Å². The fourth-order valence-corrected chi connectivity index (χ4v) is 1.11. The number of hydrogen-bond donors (Lipinski definition) is 2. The normalized spacial score (nSPS) is 11.7. The van der Waals surface area contributed by atoms with E-state index in [4.69, 9.17) is 5.73 Å². The Morgan fingerprint density at radius 1 is 1.41 bits per heavy atom. The fraction of sp³-hybridized carbons (Fsp3) is 0.182. The molecule has 0 heterocycles. The van der Waals surface area contributed by atoms with Crippen molar-refractivity contribution >= 4 is 17.7 Å². The number of nitrogens with one attached hydrogen (secondary N) is 1. The Bertz CT molecular complexity index is 427. The van der Waals surface area contributed by atoms with Crippen LogP contribution in [0.2, 0.25) is 0 Å². The summed E-state index contributed by atoms with van der Waals surface area (Å²) in [4.78, 5) is 10.4. The predicted octanol–water partition coefficient (Wildman–Crippen LogP) is 1.96. The van der Waals surface area contributed by atoms with Gasteiger partial charge in [0.05, 0.1) is 0 Å². The van der Waals surface area contributed by atoms with Crippen molar-refractivity contribution in [2.45, 2.75) is 6.18 Å². The van der Waals surface area contributed by atoms with Gasteiger partial charge in [0.1, 0.15) is 0 Å². The van der Waals surface area contributed by atoms with Crippen LogP contribution >= 0.6 is 0 Å². The molecule has 0 spiro atoms. The molecule has 1 rings (SSSR count). The molecule has 0 saturated carbocycles. The lowest BCUT2D eigenvalue weighted by atomic mass is 10.2. The van der Waals surface area contributed by atoms with Gasteiger partial charge in [0.25, 0.3) is 0 Å². The van der Waals surface area contributed by atoms with E-state index in [2.05, 4.69) is 0 Å². The molecule has 0 fully saturated rings. The summed E-state index contributed by atoms with van der Waals surface area (Å²) >= 11 is 0. The summed E-state index contributed by atoms with van der Waals surface area (Å²) in [6, 6.07) is 6.84. The van der Waals surface area contributed by atoms with Crippen LogP contribution in [0.5, 0.6) is 0 Å². The van der Waals surface area contributed by atoms with Crippen LogP contribution in [0.1, 0.15) is 5.56 Å². The van der Waals surface area contributed by atoms with Crippen molar-refractivity contribution < 1.29 is 18.0 Å². The molecule has 17 heavy (non-hydrogen) atoms. The Morgan fingerprint density at radius 3 is 2.71 bits per heavy atom. The van der Waals surface area contributed by atoms with Gasteiger partial charge in [-0.1, -0.05) is 24.3 Å². The van der Waals surface area contributed by atoms with E-state index in [1.165, 1.54) is 6.08 Å². The number of carbonyl (C=O) groups is 1. The maximum absolute atomic E-state index is 11.8. The van der Waals surface area contributed by atoms with E-state index >= 15 is 0 Å². The average Bonchev–Trinajstić information content (AvgIpc) is 2.23. The Morgan fingerprint density at radius 2 is 2.12 bits per heavy atom. The van der Waals surface area contributed by atoms with Crippen LogP contribution in [0.3, 0.4) is 0 Å². The first-order chi connectivity index (χ1) is 7.89. The Hall–Kier alpha value is -1.98. The van der Waals surface area contributed by atoms with Crippen molar-refractivity contribution in [3.8, 4) is 0 Å². The van der Waals surface area contributed by atoms with Gasteiger partial charge in [-0.15, -0.1) is 0 Å². The van der Waals surface area contributed by atoms with Gasteiger partial charge in [-0.25, -0.2) is 0 Å². The molecule has 3 nitrogen and oxygen atoms in total. The quantitative estimate of drug-likeness (QED) is 0.798. The Balaban J connectivity index is 2.44. The molecule has 0 aliphatic heterocycles. The Labute approximate surface area is 96.1 Å². The molecule has 3 N–H and O–H groups in total. The number of benzene rings is 1. The van der Waals surface area contributed by atoms with Crippen LogP contribution in [-0.4, -0.2) is 18.6 Å². The van der Waals surface area contributed by atoms with Crippen molar-refractivity contribution in [2.75, 3.05) is 12.3 Å². The molecular formula is C11H11F3N2O. The second-order valence-corrected chi connectivity index (χ2v) is 3.28. The third-order valence-corrected chi connectivity index (χ3v) is 1.86. The molecule has 0 bridgehead atoms. The van der Waals surface area contributed by atoms with Crippen LogP contribution < -0.4 is 11.1 Å². The van der Waals surface area contributed by atoms with Crippen LogP contribution in [-0.2, 0) is 4.79 Å². The summed E-state index contributed by atoms with van der Waals surface area (Å²) in [7, 11) is 0. The van der Waals surface area contributed by atoms with Gasteiger partial charge in [-0.2, -0.15) is 13.2 Å². The highest BCUT2D eigenvalue weighted by molar-refractivity contribution is 5.81. The minimum absolute atomic E-state index is 0.187. The minimum atomic E-state index is -4.84. The average molecular weight is 244 g/mol. The first-order valence-electron chi connectivity index (χ1n) is 4.76. The molecular weight excluding hydrogens is 233 g/mol. The molecule has 0 unspecified atom stereocenters. The molecule has 1 aromatic carbocycles. The lowest BCUT2D eigenvalue weighted by Crippen LogP contribution is -2.36. The van der Waals surface area contributed by atoms with Gasteiger partial charge in [-0.05, 0) is 17.7 Å². The minimum Gasteiger partial charge on any atom is -0.399 e. The molecule has 0 atom stereocenters. The smallest absolute Gasteiger partial charge is 0.399 e. The molecule has 6 heteroatoms. The lowest BCUT2D eigenvalue weighted by Gasteiger charge is -2.04. The maximum Gasteiger partial charge on any atom is 0.471 e. The van der Waals surface area contributed by atoms with E-state index in [0.717, 1.165) is 5.56 Å². The third-order valence-electron chi connectivity index (χ3n) is 1.86. The third kappa shape index (κ3) is 4.58. The van der Waals surface area contributed by atoms with Gasteiger partial charge in [-0.3, -0.25) is 4.79 Å². The molecule has 1 aromatic rings. The van der Waals surface area contributed by atoms with Gasteiger partial charge >= 0.3 is 12.1 Å². The number of nitrogens with two attached hydrogens (primary N) is 1. The highest BCUT2D eigenvalue weighted by Crippen LogP contribution is 2.13. The van der Waals surface area contributed by atoms with E-state index in [0.29, 0.717) is 5.69 Å². The summed E-state index contributed by atoms with van der Waals surface area (Å²) in [6.07, 6.45) is -1.85. The van der Waals surface area contributed by atoms with Crippen molar-refractivity contribution in [3.05, 3.63) is 35.9 Å². The number of amides is 1. The van der Waals surface area contributed by atoms with E-state index < -0.39 is 12.1 Å². The summed E-state index contributed by atoms with van der Waals surface area (Å²) in [6.45, 7) is -0.187. The highest BCUT2D eigenvalue weighted by atomic mass is 19.4. The van der Waals surface area contributed by atoms with Crippen LogP contribution in [0.4, 0.5) is 18.9 Å². The number of halogens is 3. The fourth-order valence-electron chi connectivity index (χ4n) is 1.11. The van der Waals surface area contributed by atoms with Crippen LogP contribution in [0, 0.1) is 0 Å². The van der Waals surface area contributed by atoms with Gasteiger partial charge in [0.2, 0.25) is 0 Å². The predicted molar refractivity (Wildman–Crippen MR) is 59.0 cm³/mol. The highest BCUT2D eigenvalue weighted by Gasteiger charge is 2.37. The topological polar surface area (TPSA) is 55.1 Å². The zero-order valence-electron chi connectivity index (χ0n) is 8.79. The van der Waals surface area contributed by atoms with Crippen LogP contribution in [0.15, 0.2) is 30.3 Å². The number of rotatable bonds is 3. The number of anilines is 1. The van der Waals surface area contributed by atoms with Crippen molar-refractivity contribution in [1.82, 2.24) is 5.32 Å². The lowest BCUT2D eigenvalue weighted by molar-refractivity contribution is -0.173. The van der Waals surface area contributed by atoms with E-state index in [9.17, 15) is 18.0 Å². The van der Waals surface area contributed by atoms with E-state index in [-0.39, 0.29) is 6.54 Å². The molecule has 0 aliphatic rings. The number of carbonyl (C=O) groups excluding carboxylic acids is 1. The molecule has 0 aliphatic carbocycles. The Kier molecular flexibility index (Phi) is 4.14. The van der Waals surface area contributed by atoms with Crippen molar-refractivity contribution in [3.63, 3.8) is 0 Å². The summed E-state index contributed by atoms with van der Waals surface area (Å²) in [5.41, 5.74) is 6.83. The summed E-state index contributed by atoms with van der Waals surface area (Å²) in [5.74, 6) is -1.95. The number of alkyl halides is 3. The molecule has 92 valence electrons. The zero-order valence-corrected chi connectivity index (χ0v) is 8.79. The van der Waals surface area contributed by atoms with Gasteiger partial charge < -0.3 is 11.1 Å². The SMILES string of the molecule is Nc1cccc(C=CCNC(=O)C(F)(F)F)c1. The van der Waals surface area contributed by atoms with E-state index in [1.54, 1.807) is 35.7 Å². The zero-order chi connectivity index (χ0) is 12.9. The molecule has 0 saturated heterocycles. The second-order valence-electron chi connectivity index (χ2n) is 3.28. The first-order valence-corrected chi connectivity index (χ1v) is 4.76. The van der Waals surface area contributed by atoms with Crippen molar-refractivity contribution in [2.24, 2.45) is 0 Å². The van der Waals surface area contributed by atoms with Crippen molar-refractivity contribution in [1.29, 1.82) is 0 Å². The van der Waals surface area contributed by atoms with Gasteiger partial charge in [0, 0.05) is 12.2 Å². The standard InChI is InChI=1S/C11H11F3N2O/c12-11(13,14)10(17)16-6-2-4-8-3-1-5-9(15)7-8/h1-5,7H,6,15H2,(H,16,17). The summed E-state index contributed by atoms with van der Waals surface area (Å²) < 4.78 is 35.4. The molecule has 0 radical (unpaired) electrons.